The van der Waals surface area contributed by atoms with E-state index in [1.54, 1.807) is 4.90 Å². The highest BCUT2D eigenvalue weighted by Crippen LogP contribution is 2.32. The Hall–Kier alpha value is -2.10. The maximum atomic E-state index is 13.1. The van der Waals surface area contributed by atoms with Crippen LogP contribution in [0.3, 0.4) is 0 Å². The summed E-state index contributed by atoms with van der Waals surface area (Å²) in [5, 5.41) is 0. The van der Waals surface area contributed by atoms with Gasteiger partial charge in [-0.1, -0.05) is 26.5 Å². The Balaban J connectivity index is 1.93. The van der Waals surface area contributed by atoms with E-state index in [0.29, 0.717) is 18.4 Å². The predicted molar refractivity (Wildman–Crippen MR) is 96.2 cm³/mol. The first-order valence-electron chi connectivity index (χ1n) is 8.86. The summed E-state index contributed by atoms with van der Waals surface area (Å²) in [7, 11) is 0. The molecule has 3 rings (SSSR count). The highest BCUT2D eigenvalue weighted by atomic mass is 16.2. The van der Waals surface area contributed by atoms with Crippen molar-refractivity contribution in [2.45, 2.75) is 33.1 Å². The van der Waals surface area contributed by atoms with Gasteiger partial charge in [0.25, 0.3) is 5.91 Å². The van der Waals surface area contributed by atoms with Crippen LogP contribution in [0.2, 0.25) is 0 Å². The molecule has 4 heteroatoms. The fourth-order valence-electron chi connectivity index (χ4n) is 4.16. The second-order valence-electron chi connectivity index (χ2n) is 7.26. The van der Waals surface area contributed by atoms with Crippen molar-refractivity contribution in [2.75, 3.05) is 24.5 Å². The van der Waals surface area contributed by atoms with Crippen molar-refractivity contribution < 1.29 is 9.59 Å². The number of piperidine rings is 1. The number of fused-ring (bicyclic) bond motifs is 1. The molecule has 2 amide bonds. The lowest BCUT2D eigenvalue weighted by molar-refractivity contribution is -0.114. The summed E-state index contributed by atoms with van der Waals surface area (Å²) in [6, 6.07) is 5.73. The zero-order chi connectivity index (χ0) is 17.3. The molecular formula is C20H26N2O2. The lowest BCUT2D eigenvalue weighted by Crippen LogP contribution is -2.43. The lowest BCUT2D eigenvalue weighted by atomic mass is 9.90. The average molecular weight is 326 g/mol. The summed E-state index contributed by atoms with van der Waals surface area (Å²) in [5.74, 6) is 1.09. The van der Waals surface area contributed by atoms with E-state index in [4.69, 9.17) is 0 Å². The molecule has 0 aliphatic carbocycles. The van der Waals surface area contributed by atoms with Gasteiger partial charge in [-0.2, -0.15) is 0 Å². The van der Waals surface area contributed by atoms with E-state index in [2.05, 4.69) is 20.4 Å². The van der Waals surface area contributed by atoms with E-state index in [9.17, 15) is 9.59 Å². The highest BCUT2D eigenvalue weighted by molar-refractivity contribution is 6.04. The fraction of sp³-hybridized carbons (Fsp3) is 0.500. The number of carbonyl (C=O) groups excluding carboxylic acids is 2. The molecule has 128 valence electrons. The zero-order valence-electron chi connectivity index (χ0n) is 14.6. The van der Waals surface area contributed by atoms with Gasteiger partial charge in [-0.05, 0) is 54.9 Å². The second-order valence-corrected chi connectivity index (χ2v) is 7.26. The third kappa shape index (κ3) is 3.10. The average Bonchev–Trinajstić information content (AvgIpc) is 2.58. The van der Waals surface area contributed by atoms with E-state index < -0.39 is 0 Å². The van der Waals surface area contributed by atoms with Gasteiger partial charge < -0.3 is 9.80 Å². The zero-order valence-corrected chi connectivity index (χ0v) is 14.6. The van der Waals surface area contributed by atoms with Crippen molar-refractivity contribution in [3.63, 3.8) is 0 Å². The van der Waals surface area contributed by atoms with Crippen LogP contribution in [0.5, 0.6) is 0 Å². The van der Waals surface area contributed by atoms with Crippen molar-refractivity contribution in [3.8, 4) is 0 Å². The lowest BCUT2D eigenvalue weighted by Gasteiger charge is -2.36. The molecule has 0 spiro atoms. The van der Waals surface area contributed by atoms with Crippen LogP contribution in [-0.4, -0.2) is 36.3 Å². The first-order chi connectivity index (χ1) is 11.5. The fourth-order valence-corrected chi connectivity index (χ4v) is 4.16. The minimum Gasteiger partial charge on any atom is -0.338 e. The summed E-state index contributed by atoms with van der Waals surface area (Å²) in [6.07, 6.45) is 4.25. The van der Waals surface area contributed by atoms with Gasteiger partial charge in [0.05, 0.1) is 0 Å². The van der Waals surface area contributed by atoms with E-state index >= 15 is 0 Å². The van der Waals surface area contributed by atoms with Gasteiger partial charge in [0, 0.05) is 30.9 Å². The minimum atomic E-state index is -0.0965. The highest BCUT2D eigenvalue weighted by Gasteiger charge is 2.30. The topological polar surface area (TPSA) is 40.6 Å². The van der Waals surface area contributed by atoms with Gasteiger partial charge in [-0.25, -0.2) is 0 Å². The van der Waals surface area contributed by atoms with Crippen molar-refractivity contribution >= 4 is 17.5 Å². The van der Waals surface area contributed by atoms with Crippen LogP contribution in [0.1, 0.15) is 42.6 Å². The molecule has 2 aliphatic rings. The monoisotopic (exact) mass is 326 g/mol. The van der Waals surface area contributed by atoms with Crippen molar-refractivity contribution in [2.24, 2.45) is 11.8 Å². The molecule has 1 aromatic carbocycles. The molecule has 0 N–H and O–H groups in total. The number of rotatable bonds is 2. The molecule has 1 fully saturated rings. The van der Waals surface area contributed by atoms with Crippen LogP contribution in [0.15, 0.2) is 30.9 Å². The number of benzene rings is 1. The Morgan fingerprint density at radius 1 is 1.21 bits per heavy atom. The van der Waals surface area contributed by atoms with Crippen LogP contribution < -0.4 is 4.90 Å². The Morgan fingerprint density at radius 2 is 1.92 bits per heavy atom. The molecule has 1 aromatic rings. The van der Waals surface area contributed by atoms with Gasteiger partial charge in [-0.3, -0.25) is 9.59 Å². The largest absolute Gasteiger partial charge is 0.338 e. The SMILES string of the molecule is C=CC(=O)N1CCCc2c(C(=O)N3CC(C)CC(C)C3)cccc21. The Labute approximate surface area is 144 Å². The van der Waals surface area contributed by atoms with E-state index in [-0.39, 0.29) is 11.8 Å². The summed E-state index contributed by atoms with van der Waals surface area (Å²) in [6.45, 7) is 10.3. The third-order valence-corrected chi connectivity index (χ3v) is 5.08. The normalized spacial score (nSPS) is 23.6. The maximum Gasteiger partial charge on any atom is 0.254 e. The predicted octanol–water partition coefficient (Wildman–Crippen LogP) is 3.27. The number of nitrogens with zero attached hydrogens (tertiary/aromatic N) is 2. The van der Waals surface area contributed by atoms with Crippen LogP contribution in [0.25, 0.3) is 0 Å². The van der Waals surface area contributed by atoms with Gasteiger partial charge in [0.2, 0.25) is 5.91 Å². The molecule has 2 heterocycles. The molecule has 0 bridgehead atoms. The molecule has 0 radical (unpaired) electrons. The molecule has 2 unspecified atom stereocenters. The number of amides is 2. The Bertz CT molecular complexity index is 658. The quantitative estimate of drug-likeness (QED) is 0.783. The Morgan fingerprint density at radius 3 is 2.58 bits per heavy atom. The standard InChI is InChI=1S/C20H26N2O2/c1-4-19(23)22-10-6-8-16-17(7-5-9-18(16)22)20(24)21-12-14(2)11-15(3)13-21/h4-5,7,9,14-15H,1,6,8,10-13H2,2-3H3. The first kappa shape index (κ1) is 16.7. The van der Waals surface area contributed by atoms with Crippen LogP contribution in [0.4, 0.5) is 5.69 Å². The number of anilines is 1. The Kier molecular flexibility index (Phi) is 4.74. The van der Waals surface area contributed by atoms with Crippen LogP contribution in [0, 0.1) is 11.8 Å². The van der Waals surface area contributed by atoms with Crippen molar-refractivity contribution in [1.82, 2.24) is 4.90 Å². The summed E-state index contributed by atoms with van der Waals surface area (Å²) in [4.78, 5) is 29.0. The molecule has 0 aromatic heterocycles. The molecule has 24 heavy (non-hydrogen) atoms. The second kappa shape index (κ2) is 6.80. The van der Waals surface area contributed by atoms with Gasteiger partial charge in [-0.15, -0.1) is 0 Å². The van der Waals surface area contributed by atoms with E-state index in [1.807, 2.05) is 23.1 Å². The maximum absolute atomic E-state index is 13.1. The summed E-state index contributed by atoms with van der Waals surface area (Å²) in [5.41, 5.74) is 2.64. The molecule has 4 nitrogen and oxygen atoms in total. The molecular weight excluding hydrogens is 300 g/mol. The molecule has 1 saturated heterocycles. The third-order valence-electron chi connectivity index (χ3n) is 5.08. The number of hydrogen-bond acceptors (Lipinski definition) is 2. The smallest absolute Gasteiger partial charge is 0.254 e. The number of hydrogen-bond donors (Lipinski definition) is 0. The summed E-state index contributed by atoms with van der Waals surface area (Å²) < 4.78 is 0. The number of carbonyl (C=O) groups is 2. The molecule has 2 atom stereocenters. The van der Waals surface area contributed by atoms with E-state index in [1.165, 1.54) is 12.5 Å². The van der Waals surface area contributed by atoms with Crippen molar-refractivity contribution in [3.05, 3.63) is 42.0 Å². The first-order valence-corrected chi connectivity index (χ1v) is 8.86. The van der Waals surface area contributed by atoms with Gasteiger partial charge in [0.15, 0.2) is 0 Å². The number of likely N-dealkylation sites (tertiary alicyclic amines) is 1. The van der Waals surface area contributed by atoms with Crippen LogP contribution >= 0.6 is 0 Å². The summed E-state index contributed by atoms with van der Waals surface area (Å²) >= 11 is 0. The van der Waals surface area contributed by atoms with Gasteiger partial charge >= 0.3 is 0 Å². The van der Waals surface area contributed by atoms with E-state index in [0.717, 1.165) is 42.7 Å². The molecule has 0 saturated carbocycles. The minimum absolute atomic E-state index is 0.0965. The van der Waals surface area contributed by atoms with Crippen LogP contribution in [-0.2, 0) is 11.2 Å². The van der Waals surface area contributed by atoms with Gasteiger partial charge in [0.1, 0.15) is 0 Å². The molecule has 2 aliphatic heterocycles. The van der Waals surface area contributed by atoms with Crippen molar-refractivity contribution in [1.29, 1.82) is 0 Å².